The number of aromatic nitrogens is 2. The number of hydrogen-bond acceptors (Lipinski definition) is 3. The highest BCUT2D eigenvalue weighted by molar-refractivity contribution is 6.31. The van der Waals surface area contributed by atoms with E-state index in [1.807, 2.05) is 0 Å². The van der Waals surface area contributed by atoms with Gasteiger partial charge in [-0.25, -0.2) is 9.78 Å². The second-order valence-electron chi connectivity index (χ2n) is 2.95. The highest BCUT2D eigenvalue weighted by atomic mass is 35.5. The van der Waals surface area contributed by atoms with Gasteiger partial charge in [0.25, 0.3) is 0 Å². The Balaban J connectivity index is 2.57. The van der Waals surface area contributed by atoms with Crippen LogP contribution >= 0.6 is 11.6 Å². The summed E-state index contributed by atoms with van der Waals surface area (Å²) in [6.45, 7) is 2.09. The van der Waals surface area contributed by atoms with Crippen LogP contribution in [0.4, 0.5) is 0 Å². The molecule has 0 atom stereocenters. The van der Waals surface area contributed by atoms with Crippen LogP contribution in [0.25, 0.3) is 5.65 Å². The van der Waals surface area contributed by atoms with Crippen LogP contribution in [-0.4, -0.2) is 22.0 Å². The average Bonchev–Trinajstić information content (AvgIpc) is 2.64. The Hall–Kier alpha value is -1.55. The van der Waals surface area contributed by atoms with Gasteiger partial charge in [-0.1, -0.05) is 11.6 Å². The first-order valence-electron chi connectivity index (χ1n) is 4.51. The van der Waals surface area contributed by atoms with Crippen molar-refractivity contribution in [2.45, 2.75) is 6.92 Å². The topological polar surface area (TPSA) is 43.6 Å². The summed E-state index contributed by atoms with van der Waals surface area (Å²) in [7, 11) is 0. The summed E-state index contributed by atoms with van der Waals surface area (Å²) in [6, 6.07) is 1.56. The standard InChI is InChI=1S/C10H9ClN2O2/c1-2-15-10(14)8-5-7(11)6-13-4-3-12-9(8)13/h3-6H,2H2,1H3. The van der Waals surface area contributed by atoms with E-state index in [1.165, 1.54) is 0 Å². The van der Waals surface area contributed by atoms with E-state index in [9.17, 15) is 4.79 Å². The van der Waals surface area contributed by atoms with Crippen molar-refractivity contribution in [1.82, 2.24) is 9.38 Å². The number of halogens is 1. The quantitative estimate of drug-likeness (QED) is 0.735. The second kappa shape index (κ2) is 3.90. The van der Waals surface area contributed by atoms with Crippen molar-refractivity contribution in [2.24, 2.45) is 0 Å². The Morgan fingerprint density at radius 3 is 3.20 bits per heavy atom. The molecule has 0 aliphatic heterocycles. The van der Waals surface area contributed by atoms with Crippen molar-refractivity contribution in [3.8, 4) is 0 Å². The van der Waals surface area contributed by atoms with E-state index in [0.717, 1.165) is 0 Å². The highest BCUT2D eigenvalue weighted by Crippen LogP contribution is 2.16. The van der Waals surface area contributed by atoms with Crippen molar-refractivity contribution < 1.29 is 9.53 Å². The maximum Gasteiger partial charge on any atom is 0.341 e. The Bertz CT molecular complexity index is 507. The van der Waals surface area contributed by atoms with Gasteiger partial charge in [0.1, 0.15) is 5.56 Å². The summed E-state index contributed by atoms with van der Waals surface area (Å²) in [4.78, 5) is 15.6. The van der Waals surface area contributed by atoms with Gasteiger partial charge in [0.15, 0.2) is 5.65 Å². The van der Waals surface area contributed by atoms with Crippen LogP contribution in [0.5, 0.6) is 0 Å². The number of hydrogen-bond donors (Lipinski definition) is 0. The molecule has 4 nitrogen and oxygen atoms in total. The second-order valence-corrected chi connectivity index (χ2v) is 3.39. The van der Waals surface area contributed by atoms with Gasteiger partial charge in [-0.3, -0.25) is 0 Å². The molecule has 0 aromatic carbocycles. The van der Waals surface area contributed by atoms with Gasteiger partial charge in [-0.15, -0.1) is 0 Å². The van der Waals surface area contributed by atoms with Crippen molar-refractivity contribution >= 4 is 23.2 Å². The molecule has 0 radical (unpaired) electrons. The van der Waals surface area contributed by atoms with Crippen LogP contribution < -0.4 is 0 Å². The molecule has 0 fully saturated rings. The maximum absolute atomic E-state index is 11.6. The number of fused-ring (bicyclic) bond motifs is 1. The van der Waals surface area contributed by atoms with Crippen LogP contribution in [0.1, 0.15) is 17.3 Å². The smallest absolute Gasteiger partial charge is 0.341 e. The van der Waals surface area contributed by atoms with Gasteiger partial charge in [-0.2, -0.15) is 0 Å². The number of ether oxygens (including phenoxy) is 1. The van der Waals surface area contributed by atoms with Gasteiger partial charge in [0.2, 0.25) is 0 Å². The lowest BCUT2D eigenvalue weighted by Gasteiger charge is -2.04. The highest BCUT2D eigenvalue weighted by Gasteiger charge is 2.13. The summed E-state index contributed by atoms with van der Waals surface area (Å²) in [5.74, 6) is -0.406. The van der Waals surface area contributed by atoms with Crippen LogP contribution in [0, 0.1) is 0 Å². The molecule has 0 bridgehead atoms. The molecule has 0 N–H and O–H groups in total. The number of carbonyl (C=O) groups excluding carboxylic acids is 1. The summed E-state index contributed by atoms with van der Waals surface area (Å²) >= 11 is 5.87. The first kappa shape index (κ1) is 9.98. The normalized spacial score (nSPS) is 10.5. The molecule has 0 unspecified atom stereocenters. The SMILES string of the molecule is CCOC(=O)c1cc(Cl)cn2ccnc12. The van der Waals surface area contributed by atoms with E-state index in [1.54, 1.807) is 36.0 Å². The lowest BCUT2D eigenvalue weighted by molar-refractivity contribution is 0.0528. The third-order valence-corrected chi connectivity index (χ3v) is 2.16. The lowest BCUT2D eigenvalue weighted by Crippen LogP contribution is -2.07. The molecule has 2 aromatic heterocycles. The first-order chi connectivity index (χ1) is 7.22. The van der Waals surface area contributed by atoms with Gasteiger partial charge >= 0.3 is 5.97 Å². The zero-order chi connectivity index (χ0) is 10.8. The summed E-state index contributed by atoms with van der Waals surface area (Å²) in [6.07, 6.45) is 5.02. The third kappa shape index (κ3) is 1.80. The van der Waals surface area contributed by atoms with Crippen molar-refractivity contribution in [3.63, 3.8) is 0 Å². The molecule has 0 saturated heterocycles. The van der Waals surface area contributed by atoms with Gasteiger partial charge < -0.3 is 9.14 Å². The minimum absolute atomic E-state index is 0.332. The number of esters is 1. The van der Waals surface area contributed by atoms with Crippen LogP contribution in [-0.2, 0) is 4.74 Å². The largest absolute Gasteiger partial charge is 0.462 e. The lowest BCUT2D eigenvalue weighted by atomic mass is 10.3. The average molecular weight is 225 g/mol. The third-order valence-electron chi connectivity index (χ3n) is 1.95. The molecule has 15 heavy (non-hydrogen) atoms. The minimum atomic E-state index is -0.406. The number of carbonyl (C=O) groups is 1. The molecular formula is C10H9ClN2O2. The predicted octanol–water partition coefficient (Wildman–Crippen LogP) is 2.16. The van der Waals surface area contributed by atoms with Crippen LogP contribution in [0.3, 0.4) is 0 Å². The van der Waals surface area contributed by atoms with E-state index in [-0.39, 0.29) is 0 Å². The molecule has 0 aliphatic carbocycles. The Morgan fingerprint density at radius 2 is 2.47 bits per heavy atom. The number of pyridine rings is 1. The number of imidazole rings is 1. The molecular weight excluding hydrogens is 216 g/mol. The number of rotatable bonds is 2. The molecule has 5 heteroatoms. The fourth-order valence-electron chi connectivity index (χ4n) is 1.36. The fraction of sp³-hybridized carbons (Fsp3) is 0.200. The van der Waals surface area contributed by atoms with Gasteiger partial charge in [-0.05, 0) is 13.0 Å². The Labute approximate surface area is 91.4 Å². The summed E-state index contributed by atoms with van der Waals surface area (Å²) in [5.41, 5.74) is 0.937. The molecule has 0 spiro atoms. The van der Waals surface area contributed by atoms with Gasteiger partial charge in [0, 0.05) is 18.6 Å². The molecule has 2 heterocycles. The zero-order valence-corrected chi connectivity index (χ0v) is 8.86. The van der Waals surface area contributed by atoms with E-state index in [0.29, 0.717) is 22.8 Å². The minimum Gasteiger partial charge on any atom is -0.462 e. The molecule has 2 aromatic rings. The number of nitrogens with zero attached hydrogens (tertiary/aromatic N) is 2. The van der Waals surface area contributed by atoms with Gasteiger partial charge in [0.05, 0.1) is 11.6 Å². The van der Waals surface area contributed by atoms with Crippen LogP contribution in [0.2, 0.25) is 5.02 Å². The van der Waals surface area contributed by atoms with E-state index >= 15 is 0 Å². The molecule has 0 aliphatic rings. The molecule has 0 amide bonds. The Kier molecular flexibility index (Phi) is 2.60. The van der Waals surface area contributed by atoms with Crippen LogP contribution in [0.15, 0.2) is 24.7 Å². The van der Waals surface area contributed by atoms with Crippen molar-refractivity contribution in [2.75, 3.05) is 6.61 Å². The monoisotopic (exact) mass is 224 g/mol. The molecule has 78 valence electrons. The zero-order valence-electron chi connectivity index (χ0n) is 8.11. The fourth-order valence-corrected chi connectivity index (χ4v) is 1.57. The molecule has 0 saturated carbocycles. The summed E-state index contributed by atoms with van der Waals surface area (Å²) < 4.78 is 6.60. The summed E-state index contributed by atoms with van der Waals surface area (Å²) in [5, 5.41) is 0.476. The first-order valence-corrected chi connectivity index (χ1v) is 4.89. The van der Waals surface area contributed by atoms with E-state index < -0.39 is 5.97 Å². The van der Waals surface area contributed by atoms with Crippen molar-refractivity contribution in [3.05, 3.63) is 35.2 Å². The van der Waals surface area contributed by atoms with E-state index in [2.05, 4.69) is 4.98 Å². The van der Waals surface area contributed by atoms with Crippen molar-refractivity contribution in [1.29, 1.82) is 0 Å². The predicted molar refractivity (Wildman–Crippen MR) is 56.2 cm³/mol. The molecule has 2 rings (SSSR count). The Morgan fingerprint density at radius 1 is 1.67 bits per heavy atom. The maximum atomic E-state index is 11.6. The van der Waals surface area contributed by atoms with E-state index in [4.69, 9.17) is 16.3 Å².